The van der Waals surface area contributed by atoms with E-state index in [4.69, 9.17) is 4.74 Å². The fraction of sp³-hybridized carbons (Fsp3) is 0.440. The van der Waals surface area contributed by atoms with Crippen LogP contribution in [0.2, 0.25) is 0 Å². The van der Waals surface area contributed by atoms with Gasteiger partial charge < -0.3 is 19.5 Å². The zero-order chi connectivity index (χ0) is 22.3. The summed E-state index contributed by atoms with van der Waals surface area (Å²) in [5.74, 6) is 0.564. The van der Waals surface area contributed by atoms with Gasteiger partial charge in [-0.05, 0) is 50.3 Å². The molecule has 7 heteroatoms. The third kappa shape index (κ3) is 3.48. The Balaban J connectivity index is 1.55. The van der Waals surface area contributed by atoms with Gasteiger partial charge in [-0.15, -0.1) is 11.3 Å². The molecule has 5 rings (SSSR count). The van der Waals surface area contributed by atoms with Crippen molar-refractivity contribution in [3.05, 3.63) is 53.0 Å². The van der Waals surface area contributed by atoms with Crippen LogP contribution in [0.3, 0.4) is 0 Å². The molecule has 1 aliphatic heterocycles. The maximum atomic E-state index is 13.8. The summed E-state index contributed by atoms with van der Waals surface area (Å²) in [6, 6.07) is 11.9. The van der Waals surface area contributed by atoms with Crippen molar-refractivity contribution in [2.24, 2.45) is 0 Å². The average Bonchev–Trinajstić information content (AvgIpc) is 3.51. The highest BCUT2D eigenvalue weighted by atomic mass is 32.1. The molecule has 1 N–H and O–H groups in total. The van der Waals surface area contributed by atoms with Gasteiger partial charge >= 0.3 is 0 Å². The van der Waals surface area contributed by atoms with Crippen LogP contribution in [0.4, 0.5) is 0 Å². The van der Waals surface area contributed by atoms with E-state index in [0.29, 0.717) is 25.4 Å². The lowest BCUT2D eigenvalue weighted by atomic mass is 9.93. The van der Waals surface area contributed by atoms with Crippen molar-refractivity contribution < 1.29 is 14.3 Å². The van der Waals surface area contributed by atoms with Gasteiger partial charge in [0.2, 0.25) is 5.91 Å². The highest BCUT2D eigenvalue weighted by molar-refractivity contribution is 7.16. The topological polar surface area (TPSA) is 63.6 Å². The summed E-state index contributed by atoms with van der Waals surface area (Å²) in [6.07, 6.45) is 4.30. The van der Waals surface area contributed by atoms with Crippen LogP contribution >= 0.6 is 11.3 Å². The normalized spacial score (nSPS) is 21.2. The Morgan fingerprint density at radius 2 is 2.03 bits per heavy atom. The molecular formula is C25H29N3O3S. The Morgan fingerprint density at radius 3 is 2.81 bits per heavy atom. The molecule has 0 radical (unpaired) electrons. The van der Waals surface area contributed by atoms with E-state index < -0.39 is 5.54 Å². The minimum Gasteiger partial charge on any atom is -0.494 e. The SMILES string of the molecule is CCOc1ccccc1CN1C(=O)c2cc3ccsc3n2CC1(C)C(=O)NC1CCCC1. The van der Waals surface area contributed by atoms with E-state index in [1.807, 2.05) is 60.2 Å². The number of carbonyl (C=O) groups excluding carboxylic acids is 2. The molecular weight excluding hydrogens is 422 g/mol. The number of ether oxygens (including phenoxy) is 1. The van der Waals surface area contributed by atoms with Gasteiger partial charge in [-0.3, -0.25) is 9.59 Å². The fourth-order valence-electron chi connectivity index (χ4n) is 5.02. The molecule has 2 aromatic heterocycles. The first-order valence-corrected chi connectivity index (χ1v) is 12.3. The molecule has 1 aliphatic carbocycles. The molecule has 3 aromatic rings. The van der Waals surface area contributed by atoms with E-state index in [2.05, 4.69) is 5.32 Å². The zero-order valence-corrected chi connectivity index (χ0v) is 19.4. The van der Waals surface area contributed by atoms with Crippen LogP contribution in [-0.4, -0.2) is 39.5 Å². The quantitative estimate of drug-likeness (QED) is 0.597. The van der Waals surface area contributed by atoms with E-state index in [9.17, 15) is 9.59 Å². The highest BCUT2D eigenvalue weighted by Gasteiger charge is 2.48. The number of amides is 2. The summed E-state index contributed by atoms with van der Waals surface area (Å²) in [7, 11) is 0. The molecule has 168 valence electrons. The van der Waals surface area contributed by atoms with Gasteiger partial charge in [-0.25, -0.2) is 0 Å². The van der Waals surface area contributed by atoms with Crippen LogP contribution in [0.1, 0.15) is 55.6 Å². The summed E-state index contributed by atoms with van der Waals surface area (Å²) in [5, 5.41) is 6.34. The number of carbonyl (C=O) groups is 2. The lowest BCUT2D eigenvalue weighted by Crippen LogP contribution is -2.64. The minimum absolute atomic E-state index is 0.0734. The maximum absolute atomic E-state index is 13.8. The van der Waals surface area contributed by atoms with Gasteiger partial charge in [0.05, 0.1) is 19.7 Å². The number of hydrogen-bond donors (Lipinski definition) is 1. The van der Waals surface area contributed by atoms with E-state index in [0.717, 1.165) is 47.2 Å². The van der Waals surface area contributed by atoms with Crippen molar-refractivity contribution in [2.75, 3.05) is 6.61 Å². The molecule has 2 aliphatic rings. The van der Waals surface area contributed by atoms with Crippen LogP contribution in [0.15, 0.2) is 41.8 Å². The molecule has 1 unspecified atom stereocenters. The minimum atomic E-state index is -0.998. The summed E-state index contributed by atoms with van der Waals surface area (Å²) >= 11 is 1.61. The molecule has 1 saturated carbocycles. The molecule has 1 fully saturated rings. The molecule has 32 heavy (non-hydrogen) atoms. The number of nitrogens with one attached hydrogen (secondary N) is 1. The number of nitrogens with zero attached hydrogens (tertiary/aromatic N) is 2. The van der Waals surface area contributed by atoms with Crippen molar-refractivity contribution in [1.29, 1.82) is 0 Å². The van der Waals surface area contributed by atoms with Crippen LogP contribution in [0.25, 0.3) is 10.2 Å². The van der Waals surface area contributed by atoms with Crippen LogP contribution < -0.4 is 10.1 Å². The Labute approximate surface area is 192 Å². The molecule has 2 amide bonds. The van der Waals surface area contributed by atoms with E-state index in [1.165, 1.54) is 0 Å². The second-order valence-electron chi connectivity index (χ2n) is 8.96. The second kappa shape index (κ2) is 8.28. The first-order valence-electron chi connectivity index (χ1n) is 11.4. The Kier molecular flexibility index (Phi) is 5.45. The number of para-hydroxylation sites is 1. The van der Waals surface area contributed by atoms with E-state index in [1.54, 1.807) is 16.2 Å². The standard InChI is InChI=1S/C25H29N3O3S/c1-3-31-21-11-7-4-8-18(21)15-28-22(29)20-14-17-12-13-32-23(17)27(20)16-25(28,2)24(30)26-19-9-5-6-10-19/h4,7-8,11-14,19H,3,5-6,9-10,15-16H2,1-2H3,(H,26,30). The first-order chi connectivity index (χ1) is 15.5. The molecule has 3 heterocycles. The van der Waals surface area contributed by atoms with Gasteiger partial charge in [0.15, 0.2) is 0 Å². The van der Waals surface area contributed by atoms with Gasteiger partial charge in [0, 0.05) is 17.0 Å². The lowest BCUT2D eigenvalue weighted by Gasteiger charge is -2.44. The predicted molar refractivity (Wildman–Crippen MR) is 126 cm³/mol. The first kappa shape index (κ1) is 21.1. The van der Waals surface area contributed by atoms with Crippen LogP contribution in [0.5, 0.6) is 5.75 Å². The van der Waals surface area contributed by atoms with Gasteiger partial charge in [0.25, 0.3) is 5.91 Å². The number of hydrogen-bond acceptors (Lipinski definition) is 4. The maximum Gasteiger partial charge on any atom is 0.271 e. The molecule has 1 aromatic carbocycles. The van der Waals surface area contributed by atoms with Gasteiger partial charge in [0.1, 0.15) is 21.8 Å². The molecule has 0 saturated heterocycles. The number of aromatic nitrogens is 1. The number of rotatable bonds is 6. The Morgan fingerprint density at radius 1 is 1.25 bits per heavy atom. The number of benzene rings is 1. The molecule has 0 spiro atoms. The predicted octanol–water partition coefficient (Wildman–Crippen LogP) is 4.58. The third-order valence-corrected chi connectivity index (χ3v) is 7.76. The van der Waals surface area contributed by atoms with Crippen molar-refractivity contribution in [2.45, 2.75) is 64.2 Å². The molecule has 0 bridgehead atoms. The summed E-state index contributed by atoms with van der Waals surface area (Å²) < 4.78 is 7.84. The fourth-order valence-corrected chi connectivity index (χ4v) is 5.91. The molecule has 6 nitrogen and oxygen atoms in total. The summed E-state index contributed by atoms with van der Waals surface area (Å²) in [6.45, 7) is 5.15. The second-order valence-corrected chi connectivity index (χ2v) is 9.85. The smallest absolute Gasteiger partial charge is 0.271 e. The number of fused-ring (bicyclic) bond motifs is 3. The van der Waals surface area contributed by atoms with Crippen molar-refractivity contribution in [3.8, 4) is 5.75 Å². The zero-order valence-electron chi connectivity index (χ0n) is 18.6. The summed E-state index contributed by atoms with van der Waals surface area (Å²) in [5.41, 5.74) is 0.554. The average molecular weight is 452 g/mol. The number of thiophene rings is 1. The van der Waals surface area contributed by atoms with Crippen molar-refractivity contribution in [3.63, 3.8) is 0 Å². The van der Waals surface area contributed by atoms with Crippen LogP contribution in [0, 0.1) is 0 Å². The van der Waals surface area contributed by atoms with Crippen LogP contribution in [-0.2, 0) is 17.9 Å². The monoisotopic (exact) mass is 451 g/mol. The largest absolute Gasteiger partial charge is 0.494 e. The van der Waals surface area contributed by atoms with Gasteiger partial charge in [-0.1, -0.05) is 31.0 Å². The van der Waals surface area contributed by atoms with E-state index >= 15 is 0 Å². The highest BCUT2D eigenvalue weighted by Crippen LogP contribution is 2.36. The van der Waals surface area contributed by atoms with Crippen molar-refractivity contribution in [1.82, 2.24) is 14.8 Å². The van der Waals surface area contributed by atoms with Crippen molar-refractivity contribution >= 4 is 33.4 Å². The Bertz CT molecular complexity index is 1160. The molecule has 1 atom stereocenters. The lowest BCUT2D eigenvalue weighted by molar-refractivity contribution is -0.133. The van der Waals surface area contributed by atoms with E-state index in [-0.39, 0.29) is 17.9 Å². The summed E-state index contributed by atoms with van der Waals surface area (Å²) in [4.78, 5) is 30.3. The Hall–Kier alpha value is -2.80. The third-order valence-electron chi connectivity index (χ3n) is 6.81. The van der Waals surface area contributed by atoms with Gasteiger partial charge in [-0.2, -0.15) is 0 Å².